The predicted octanol–water partition coefficient (Wildman–Crippen LogP) is 3.38. The molecule has 1 saturated carbocycles. The van der Waals surface area contributed by atoms with Crippen LogP contribution in [0.3, 0.4) is 0 Å². The maximum absolute atomic E-state index is 12.3. The minimum atomic E-state index is -0.484. The van der Waals surface area contributed by atoms with Gasteiger partial charge in [0.1, 0.15) is 6.04 Å². The zero-order valence-corrected chi connectivity index (χ0v) is 15.7. The standard InChI is InChI=1S/C22H26N2O3/c1-16(17-8-4-2-5-9-17)23-15-21(25)24-18-10-11-19-20(14-18)27-22(26-19)12-6-3-7-13-22/h2,4-5,8-11,14,16,23H,3,6-7,12-13,15H2,1H3,(H,24,25)/p+1/t16-/m0/s1. The second-order valence-corrected chi connectivity index (χ2v) is 7.52. The van der Waals surface area contributed by atoms with Crippen LogP contribution in [-0.4, -0.2) is 18.2 Å². The minimum absolute atomic E-state index is 0.0240. The second kappa shape index (κ2) is 7.61. The normalized spacial score (nSPS) is 18.3. The number of quaternary nitrogens is 1. The molecule has 0 saturated heterocycles. The van der Waals surface area contributed by atoms with E-state index in [0.29, 0.717) is 6.54 Å². The molecule has 1 amide bonds. The number of hydrogen-bond acceptors (Lipinski definition) is 3. The Hall–Kier alpha value is -2.53. The first-order valence-corrected chi connectivity index (χ1v) is 9.84. The summed E-state index contributed by atoms with van der Waals surface area (Å²) in [5, 5.41) is 5.00. The number of ether oxygens (including phenoxy) is 2. The molecule has 142 valence electrons. The minimum Gasteiger partial charge on any atom is -0.448 e. The lowest BCUT2D eigenvalue weighted by molar-refractivity contribution is -0.682. The largest absolute Gasteiger partial charge is 0.448 e. The molecule has 0 unspecified atom stereocenters. The molecule has 2 aromatic rings. The van der Waals surface area contributed by atoms with E-state index in [1.165, 1.54) is 12.0 Å². The van der Waals surface area contributed by atoms with Crippen LogP contribution in [0.5, 0.6) is 11.5 Å². The van der Waals surface area contributed by atoms with E-state index in [1.807, 2.05) is 41.7 Å². The van der Waals surface area contributed by atoms with Crippen molar-refractivity contribution in [3.63, 3.8) is 0 Å². The van der Waals surface area contributed by atoms with Crippen LogP contribution in [-0.2, 0) is 4.79 Å². The van der Waals surface area contributed by atoms with E-state index >= 15 is 0 Å². The summed E-state index contributed by atoms with van der Waals surface area (Å²) in [6, 6.07) is 16.1. The molecule has 0 radical (unpaired) electrons. The Morgan fingerprint density at radius 1 is 1.07 bits per heavy atom. The summed E-state index contributed by atoms with van der Waals surface area (Å²) in [7, 11) is 0. The number of anilines is 1. The molecule has 1 spiro atoms. The average molecular weight is 367 g/mol. The van der Waals surface area contributed by atoms with Gasteiger partial charge in [0.25, 0.3) is 11.7 Å². The molecule has 0 bridgehead atoms. The van der Waals surface area contributed by atoms with Gasteiger partial charge in [0, 0.05) is 30.2 Å². The lowest BCUT2D eigenvalue weighted by Gasteiger charge is -2.31. The zero-order valence-electron chi connectivity index (χ0n) is 15.7. The highest BCUT2D eigenvalue weighted by Gasteiger charge is 2.42. The maximum atomic E-state index is 12.3. The molecule has 2 aromatic carbocycles. The van der Waals surface area contributed by atoms with Crippen molar-refractivity contribution in [2.24, 2.45) is 0 Å². The highest BCUT2D eigenvalue weighted by Crippen LogP contribution is 2.46. The fourth-order valence-electron chi connectivity index (χ4n) is 3.85. The molecule has 4 rings (SSSR count). The number of hydrogen-bond donors (Lipinski definition) is 2. The summed E-state index contributed by atoms with van der Waals surface area (Å²) in [6.07, 6.45) is 5.36. The van der Waals surface area contributed by atoms with Crippen molar-refractivity contribution >= 4 is 11.6 Å². The lowest BCUT2D eigenvalue weighted by Crippen LogP contribution is -2.86. The van der Waals surface area contributed by atoms with E-state index < -0.39 is 5.79 Å². The molecular weight excluding hydrogens is 340 g/mol. The molecule has 1 aliphatic heterocycles. The molecule has 1 aliphatic carbocycles. The number of nitrogens with one attached hydrogen (secondary N) is 1. The molecule has 1 heterocycles. The smallest absolute Gasteiger partial charge is 0.279 e. The van der Waals surface area contributed by atoms with Gasteiger partial charge in [0.05, 0.1) is 0 Å². The lowest BCUT2D eigenvalue weighted by atomic mass is 9.94. The first-order chi connectivity index (χ1) is 13.1. The third-order valence-corrected chi connectivity index (χ3v) is 5.42. The molecule has 5 heteroatoms. The Bertz CT molecular complexity index is 800. The topological polar surface area (TPSA) is 64.2 Å². The highest BCUT2D eigenvalue weighted by atomic mass is 16.7. The van der Waals surface area contributed by atoms with E-state index in [9.17, 15) is 4.79 Å². The Morgan fingerprint density at radius 3 is 2.59 bits per heavy atom. The van der Waals surface area contributed by atoms with E-state index in [4.69, 9.17) is 9.47 Å². The van der Waals surface area contributed by atoms with Gasteiger partial charge in [-0.2, -0.15) is 0 Å². The van der Waals surface area contributed by atoms with Crippen LogP contribution in [0.1, 0.15) is 50.6 Å². The summed E-state index contributed by atoms with van der Waals surface area (Å²) in [4.78, 5) is 12.3. The van der Waals surface area contributed by atoms with Gasteiger partial charge in [-0.05, 0) is 31.9 Å². The van der Waals surface area contributed by atoms with E-state index in [2.05, 4.69) is 24.4 Å². The quantitative estimate of drug-likeness (QED) is 0.851. The van der Waals surface area contributed by atoms with Gasteiger partial charge >= 0.3 is 0 Å². The number of carbonyl (C=O) groups excluding carboxylic acids is 1. The SMILES string of the molecule is C[C@H]([NH2+]CC(=O)Nc1ccc2c(c1)OC1(CCCCC1)O2)c1ccccc1. The van der Waals surface area contributed by atoms with Crippen LogP contribution in [0.15, 0.2) is 48.5 Å². The molecular formula is C22H27N2O3+. The third kappa shape index (κ3) is 4.08. The van der Waals surface area contributed by atoms with E-state index in [1.54, 1.807) is 0 Å². The fraction of sp³-hybridized carbons (Fsp3) is 0.409. The monoisotopic (exact) mass is 367 g/mol. The van der Waals surface area contributed by atoms with Crippen LogP contribution in [0, 0.1) is 0 Å². The summed E-state index contributed by atoms with van der Waals surface area (Å²) < 4.78 is 12.2. The Morgan fingerprint density at radius 2 is 1.81 bits per heavy atom. The van der Waals surface area contributed by atoms with Crippen LogP contribution in [0.2, 0.25) is 0 Å². The Labute approximate surface area is 160 Å². The molecule has 1 atom stereocenters. The number of rotatable bonds is 5. The van der Waals surface area contributed by atoms with Crippen molar-refractivity contribution in [1.29, 1.82) is 0 Å². The van der Waals surface area contributed by atoms with Gasteiger partial charge in [0.2, 0.25) is 0 Å². The van der Waals surface area contributed by atoms with Crippen molar-refractivity contribution in [3.8, 4) is 11.5 Å². The molecule has 0 aromatic heterocycles. The number of amides is 1. The molecule has 3 N–H and O–H groups in total. The summed E-state index contributed by atoms with van der Waals surface area (Å²) in [5.74, 6) is 1.00. The van der Waals surface area contributed by atoms with Gasteiger partial charge in [-0.25, -0.2) is 0 Å². The molecule has 2 aliphatic rings. The van der Waals surface area contributed by atoms with Crippen molar-refractivity contribution in [3.05, 3.63) is 54.1 Å². The Balaban J connectivity index is 1.33. The Kier molecular flexibility index (Phi) is 5.03. The predicted molar refractivity (Wildman–Crippen MR) is 104 cm³/mol. The van der Waals surface area contributed by atoms with E-state index in [-0.39, 0.29) is 11.9 Å². The average Bonchev–Trinajstić information content (AvgIpc) is 3.03. The fourth-order valence-corrected chi connectivity index (χ4v) is 3.85. The van der Waals surface area contributed by atoms with Gasteiger partial charge < -0.3 is 20.1 Å². The second-order valence-electron chi connectivity index (χ2n) is 7.52. The maximum Gasteiger partial charge on any atom is 0.279 e. The van der Waals surface area contributed by atoms with Crippen LogP contribution in [0.25, 0.3) is 0 Å². The highest BCUT2D eigenvalue weighted by molar-refractivity contribution is 5.91. The van der Waals surface area contributed by atoms with Crippen molar-refractivity contribution in [1.82, 2.24) is 0 Å². The van der Waals surface area contributed by atoms with Crippen molar-refractivity contribution in [2.45, 2.75) is 50.9 Å². The summed E-state index contributed by atoms with van der Waals surface area (Å²) in [6.45, 7) is 2.47. The van der Waals surface area contributed by atoms with Crippen LogP contribution in [0.4, 0.5) is 5.69 Å². The van der Waals surface area contributed by atoms with Gasteiger partial charge in [-0.15, -0.1) is 0 Å². The molecule has 1 fully saturated rings. The molecule has 27 heavy (non-hydrogen) atoms. The summed E-state index contributed by atoms with van der Waals surface area (Å²) >= 11 is 0. The first-order valence-electron chi connectivity index (χ1n) is 9.84. The number of benzene rings is 2. The van der Waals surface area contributed by atoms with E-state index in [0.717, 1.165) is 42.9 Å². The van der Waals surface area contributed by atoms with Crippen LogP contribution < -0.4 is 20.1 Å². The molecule has 5 nitrogen and oxygen atoms in total. The number of fused-ring (bicyclic) bond motifs is 1. The number of nitrogens with two attached hydrogens (primary N) is 1. The number of carbonyl (C=O) groups is 1. The van der Waals surface area contributed by atoms with Crippen LogP contribution >= 0.6 is 0 Å². The zero-order chi connectivity index (χ0) is 18.7. The summed E-state index contributed by atoms with van der Waals surface area (Å²) in [5.41, 5.74) is 1.96. The first kappa shape index (κ1) is 17.9. The van der Waals surface area contributed by atoms with Crippen molar-refractivity contribution < 1.29 is 19.6 Å². The van der Waals surface area contributed by atoms with Gasteiger partial charge in [0.15, 0.2) is 18.0 Å². The van der Waals surface area contributed by atoms with Gasteiger partial charge in [-0.1, -0.05) is 36.8 Å². The third-order valence-electron chi connectivity index (χ3n) is 5.42. The van der Waals surface area contributed by atoms with Gasteiger partial charge in [-0.3, -0.25) is 4.79 Å². The van der Waals surface area contributed by atoms with Crippen molar-refractivity contribution in [2.75, 3.05) is 11.9 Å².